The van der Waals surface area contributed by atoms with Crippen LogP contribution in [0.15, 0.2) is 24.3 Å². The van der Waals surface area contributed by atoms with Gasteiger partial charge >= 0.3 is 0 Å². The molecule has 0 aliphatic carbocycles. The number of hydrogen-bond acceptors (Lipinski definition) is 4. The fourth-order valence-corrected chi connectivity index (χ4v) is 2.38. The van der Waals surface area contributed by atoms with E-state index < -0.39 is 11.9 Å². The van der Waals surface area contributed by atoms with Gasteiger partial charge in [0.2, 0.25) is 11.8 Å². The van der Waals surface area contributed by atoms with Gasteiger partial charge in [0.1, 0.15) is 17.6 Å². The van der Waals surface area contributed by atoms with Gasteiger partial charge in [0.25, 0.3) is 0 Å². The Labute approximate surface area is 128 Å². The second-order valence-electron chi connectivity index (χ2n) is 5.29. The highest BCUT2D eigenvalue weighted by molar-refractivity contribution is 5.82. The van der Waals surface area contributed by atoms with E-state index in [-0.39, 0.29) is 24.8 Å². The van der Waals surface area contributed by atoms with E-state index in [9.17, 15) is 14.0 Å². The molecule has 6 nitrogen and oxygen atoms in total. The van der Waals surface area contributed by atoms with Crippen LogP contribution >= 0.6 is 0 Å². The van der Waals surface area contributed by atoms with Crippen LogP contribution in [0, 0.1) is 5.82 Å². The van der Waals surface area contributed by atoms with Crippen LogP contribution in [0.5, 0.6) is 5.75 Å². The Balaban J connectivity index is 1.81. The van der Waals surface area contributed by atoms with Crippen molar-refractivity contribution >= 4 is 11.8 Å². The Morgan fingerprint density at radius 3 is 2.86 bits per heavy atom. The van der Waals surface area contributed by atoms with E-state index in [2.05, 4.69) is 0 Å². The zero-order valence-corrected chi connectivity index (χ0v) is 12.5. The lowest BCUT2D eigenvalue weighted by Gasteiger charge is -2.37. The summed E-state index contributed by atoms with van der Waals surface area (Å²) >= 11 is 0. The molecule has 1 aliphatic rings. The molecule has 0 spiro atoms. The maximum absolute atomic E-state index is 13.0. The third-order valence-electron chi connectivity index (χ3n) is 3.71. The van der Waals surface area contributed by atoms with Crippen molar-refractivity contribution in [2.45, 2.75) is 12.5 Å². The van der Waals surface area contributed by atoms with E-state index in [0.29, 0.717) is 25.4 Å². The van der Waals surface area contributed by atoms with Crippen LogP contribution in [0.3, 0.4) is 0 Å². The summed E-state index contributed by atoms with van der Waals surface area (Å²) in [5.41, 5.74) is 5.33. The monoisotopic (exact) mass is 309 g/mol. The molecule has 0 radical (unpaired) electrons. The number of nitrogens with zero attached hydrogens (tertiary/aromatic N) is 2. The van der Waals surface area contributed by atoms with Gasteiger partial charge in [-0.1, -0.05) is 6.07 Å². The highest BCUT2D eigenvalue weighted by Gasteiger charge is 2.30. The molecule has 1 fully saturated rings. The van der Waals surface area contributed by atoms with Gasteiger partial charge in [-0.3, -0.25) is 14.5 Å². The van der Waals surface area contributed by atoms with Gasteiger partial charge in [-0.25, -0.2) is 4.39 Å². The lowest BCUT2D eigenvalue weighted by molar-refractivity contribution is -0.136. The first kappa shape index (κ1) is 16.2. The van der Waals surface area contributed by atoms with E-state index >= 15 is 0 Å². The standard InChI is InChI=1S/C15H20FN3O3/c1-18-6-7-19(10-13(18)15(17)21)14(20)5-8-22-12-4-2-3-11(16)9-12/h2-4,9,13H,5-8,10H2,1H3,(H2,17,21). The summed E-state index contributed by atoms with van der Waals surface area (Å²) in [4.78, 5) is 26.9. The van der Waals surface area contributed by atoms with E-state index in [1.54, 1.807) is 17.0 Å². The van der Waals surface area contributed by atoms with Gasteiger partial charge in [-0.05, 0) is 19.2 Å². The Morgan fingerprint density at radius 2 is 2.18 bits per heavy atom. The van der Waals surface area contributed by atoms with Crippen molar-refractivity contribution in [3.8, 4) is 5.75 Å². The molecule has 1 saturated heterocycles. The molecule has 0 saturated carbocycles. The molecule has 2 N–H and O–H groups in total. The first-order valence-corrected chi connectivity index (χ1v) is 7.13. The average Bonchev–Trinajstić information content (AvgIpc) is 2.47. The molecule has 1 aliphatic heterocycles. The van der Waals surface area contributed by atoms with E-state index in [0.717, 1.165) is 0 Å². The summed E-state index contributed by atoms with van der Waals surface area (Å²) < 4.78 is 18.3. The Bertz CT molecular complexity index is 553. The predicted molar refractivity (Wildman–Crippen MR) is 78.7 cm³/mol. The van der Waals surface area contributed by atoms with Crippen molar-refractivity contribution in [2.24, 2.45) is 5.73 Å². The van der Waals surface area contributed by atoms with E-state index in [1.807, 2.05) is 11.9 Å². The minimum absolute atomic E-state index is 0.101. The number of piperazine rings is 1. The van der Waals surface area contributed by atoms with E-state index in [4.69, 9.17) is 10.5 Å². The maximum atomic E-state index is 13.0. The number of ether oxygens (including phenoxy) is 1. The summed E-state index contributed by atoms with van der Waals surface area (Å²) in [7, 11) is 1.81. The molecule has 2 rings (SSSR count). The van der Waals surface area contributed by atoms with Crippen molar-refractivity contribution in [1.82, 2.24) is 9.80 Å². The van der Waals surface area contributed by atoms with Gasteiger partial charge in [-0.2, -0.15) is 0 Å². The fourth-order valence-electron chi connectivity index (χ4n) is 2.38. The van der Waals surface area contributed by atoms with Crippen LogP contribution in [-0.2, 0) is 9.59 Å². The molecule has 1 heterocycles. The van der Waals surface area contributed by atoms with Gasteiger partial charge in [0, 0.05) is 25.7 Å². The summed E-state index contributed by atoms with van der Waals surface area (Å²) in [5.74, 6) is -0.528. The molecule has 1 atom stereocenters. The van der Waals surface area contributed by atoms with Crippen LogP contribution in [0.1, 0.15) is 6.42 Å². The number of primary amides is 1. The number of benzene rings is 1. The molecule has 0 bridgehead atoms. The number of amides is 2. The number of halogens is 1. The lowest BCUT2D eigenvalue weighted by Crippen LogP contribution is -2.58. The lowest BCUT2D eigenvalue weighted by atomic mass is 10.1. The molecule has 120 valence electrons. The van der Waals surface area contributed by atoms with Gasteiger partial charge in [0.05, 0.1) is 13.0 Å². The van der Waals surface area contributed by atoms with Gasteiger partial charge in [0.15, 0.2) is 0 Å². The molecule has 22 heavy (non-hydrogen) atoms. The van der Waals surface area contributed by atoms with Crippen molar-refractivity contribution in [2.75, 3.05) is 33.3 Å². The van der Waals surface area contributed by atoms with Crippen LogP contribution in [-0.4, -0.2) is 60.9 Å². The molecule has 7 heteroatoms. The molecule has 0 aromatic heterocycles. The first-order chi connectivity index (χ1) is 10.5. The second kappa shape index (κ2) is 7.22. The van der Waals surface area contributed by atoms with Crippen LogP contribution < -0.4 is 10.5 Å². The van der Waals surface area contributed by atoms with Crippen LogP contribution in [0.2, 0.25) is 0 Å². The fraction of sp³-hybridized carbons (Fsp3) is 0.467. The van der Waals surface area contributed by atoms with Crippen molar-refractivity contribution in [3.63, 3.8) is 0 Å². The number of likely N-dealkylation sites (N-methyl/N-ethyl adjacent to an activating group) is 1. The molecule has 1 aromatic carbocycles. The summed E-state index contributed by atoms with van der Waals surface area (Å²) in [6.45, 7) is 1.61. The number of nitrogens with two attached hydrogens (primary N) is 1. The summed E-state index contributed by atoms with van der Waals surface area (Å²) in [6, 6.07) is 5.31. The number of carbonyl (C=O) groups excluding carboxylic acids is 2. The largest absolute Gasteiger partial charge is 0.493 e. The van der Waals surface area contributed by atoms with Crippen LogP contribution in [0.4, 0.5) is 4.39 Å². The molecule has 1 aromatic rings. The van der Waals surface area contributed by atoms with E-state index in [1.165, 1.54) is 12.1 Å². The average molecular weight is 309 g/mol. The Hall–Kier alpha value is -2.15. The quantitative estimate of drug-likeness (QED) is 0.844. The highest BCUT2D eigenvalue weighted by Crippen LogP contribution is 2.13. The SMILES string of the molecule is CN1CCN(C(=O)CCOc2cccc(F)c2)CC1C(N)=O. The third-order valence-corrected chi connectivity index (χ3v) is 3.71. The highest BCUT2D eigenvalue weighted by atomic mass is 19.1. The summed E-state index contributed by atoms with van der Waals surface area (Å²) in [6.07, 6.45) is 0.172. The maximum Gasteiger partial charge on any atom is 0.236 e. The smallest absolute Gasteiger partial charge is 0.236 e. The second-order valence-corrected chi connectivity index (χ2v) is 5.29. The first-order valence-electron chi connectivity index (χ1n) is 7.13. The third kappa shape index (κ3) is 4.17. The molecule has 1 unspecified atom stereocenters. The number of rotatable bonds is 5. The van der Waals surface area contributed by atoms with Crippen molar-refractivity contribution in [1.29, 1.82) is 0 Å². The topological polar surface area (TPSA) is 75.9 Å². The Kier molecular flexibility index (Phi) is 5.32. The normalized spacial score (nSPS) is 19.0. The summed E-state index contributed by atoms with van der Waals surface area (Å²) in [5, 5.41) is 0. The number of carbonyl (C=O) groups is 2. The minimum atomic E-state index is -0.457. The predicted octanol–water partition coefficient (Wildman–Crippen LogP) is 0.222. The Morgan fingerprint density at radius 1 is 1.41 bits per heavy atom. The van der Waals surface area contributed by atoms with Gasteiger partial charge < -0.3 is 15.4 Å². The van der Waals surface area contributed by atoms with Crippen molar-refractivity contribution < 1.29 is 18.7 Å². The van der Waals surface area contributed by atoms with Gasteiger partial charge in [-0.15, -0.1) is 0 Å². The molecule has 2 amide bonds. The minimum Gasteiger partial charge on any atom is -0.493 e. The molecular formula is C15H20FN3O3. The van der Waals surface area contributed by atoms with Crippen LogP contribution in [0.25, 0.3) is 0 Å². The zero-order chi connectivity index (χ0) is 16.1. The molecular weight excluding hydrogens is 289 g/mol. The number of hydrogen-bond donors (Lipinski definition) is 1. The zero-order valence-electron chi connectivity index (χ0n) is 12.5. The van der Waals surface area contributed by atoms with Crippen molar-refractivity contribution in [3.05, 3.63) is 30.1 Å².